The van der Waals surface area contributed by atoms with Crippen molar-refractivity contribution >= 4 is 17.8 Å². The predicted molar refractivity (Wildman–Crippen MR) is 118 cm³/mol. The van der Waals surface area contributed by atoms with Crippen molar-refractivity contribution in [3.8, 4) is 0 Å². The number of ether oxygens (including phenoxy) is 1. The largest absolute Gasteiger partial charge is 0.383 e. The van der Waals surface area contributed by atoms with Crippen LogP contribution < -0.4 is 10.6 Å². The van der Waals surface area contributed by atoms with Crippen molar-refractivity contribution in [3.63, 3.8) is 0 Å². The summed E-state index contributed by atoms with van der Waals surface area (Å²) in [4.78, 5) is 34.6. The number of carbonyl (C=O) groups is 2. The summed E-state index contributed by atoms with van der Waals surface area (Å²) < 4.78 is 4.96. The Morgan fingerprint density at radius 2 is 1.77 bits per heavy atom. The highest BCUT2D eigenvalue weighted by Gasteiger charge is 2.22. The molecule has 0 bridgehead atoms. The Labute approximate surface area is 181 Å². The Bertz CT molecular complexity index is 555. The number of piperazine rings is 1. The van der Waals surface area contributed by atoms with Gasteiger partial charge in [0.15, 0.2) is 5.96 Å². The van der Waals surface area contributed by atoms with Gasteiger partial charge in [-0.15, -0.1) is 0 Å². The molecule has 172 valence electrons. The molecule has 1 aliphatic heterocycles. The van der Waals surface area contributed by atoms with Crippen LogP contribution in [-0.4, -0.2) is 113 Å². The topological polar surface area (TPSA) is 89.5 Å². The molecule has 1 heterocycles. The van der Waals surface area contributed by atoms with E-state index in [0.717, 1.165) is 38.7 Å². The van der Waals surface area contributed by atoms with E-state index in [2.05, 4.69) is 25.4 Å². The van der Waals surface area contributed by atoms with Crippen molar-refractivity contribution in [2.45, 2.75) is 32.1 Å². The number of amides is 2. The Balaban J connectivity index is 1.85. The lowest BCUT2D eigenvalue weighted by Gasteiger charge is -2.36. The van der Waals surface area contributed by atoms with Crippen LogP contribution in [0.2, 0.25) is 0 Å². The first-order valence-corrected chi connectivity index (χ1v) is 11.2. The smallest absolute Gasteiger partial charge is 0.243 e. The van der Waals surface area contributed by atoms with Gasteiger partial charge in [0.25, 0.3) is 0 Å². The van der Waals surface area contributed by atoms with E-state index in [1.165, 1.54) is 32.1 Å². The molecule has 30 heavy (non-hydrogen) atoms. The van der Waals surface area contributed by atoms with Crippen molar-refractivity contribution in [3.05, 3.63) is 0 Å². The number of methoxy groups -OCH3 is 1. The van der Waals surface area contributed by atoms with Gasteiger partial charge in [-0.1, -0.05) is 19.3 Å². The SMILES string of the molecule is COCCNC(=O)CN1CCN(C(=NCC(=O)N(C)C)NCC2CCCCC2)CC1. The number of carbonyl (C=O) groups excluding carboxylic acids is 2. The van der Waals surface area contributed by atoms with Crippen LogP contribution in [0.3, 0.4) is 0 Å². The molecule has 2 aliphatic rings. The first-order valence-electron chi connectivity index (χ1n) is 11.2. The lowest BCUT2D eigenvalue weighted by Crippen LogP contribution is -2.54. The molecule has 9 nitrogen and oxygen atoms in total. The van der Waals surface area contributed by atoms with Crippen molar-refractivity contribution in [2.24, 2.45) is 10.9 Å². The lowest BCUT2D eigenvalue weighted by molar-refractivity contribution is -0.127. The van der Waals surface area contributed by atoms with E-state index in [1.807, 2.05) is 0 Å². The quantitative estimate of drug-likeness (QED) is 0.307. The monoisotopic (exact) mass is 424 g/mol. The molecule has 9 heteroatoms. The minimum Gasteiger partial charge on any atom is -0.383 e. The van der Waals surface area contributed by atoms with Gasteiger partial charge in [-0.3, -0.25) is 14.5 Å². The molecule has 2 rings (SSSR count). The lowest BCUT2D eigenvalue weighted by atomic mass is 9.89. The van der Waals surface area contributed by atoms with Gasteiger partial charge in [-0.05, 0) is 18.8 Å². The number of aliphatic imine (C=N–C) groups is 1. The molecule has 0 atom stereocenters. The average Bonchev–Trinajstić information content (AvgIpc) is 2.75. The molecule has 1 saturated heterocycles. The van der Waals surface area contributed by atoms with Crippen molar-refractivity contribution in [1.29, 1.82) is 0 Å². The molecule has 0 spiro atoms. The number of rotatable bonds is 9. The molecule has 2 amide bonds. The zero-order valence-corrected chi connectivity index (χ0v) is 19.0. The standard InChI is InChI=1S/C21H40N6O3/c1-25(2)20(29)16-24-21(23-15-18-7-5-4-6-8-18)27-12-10-26(11-13-27)17-19(28)22-9-14-30-3/h18H,4-17H2,1-3H3,(H,22,28)(H,23,24). The van der Waals surface area contributed by atoms with Gasteiger partial charge >= 0.3 is 0 Å². The summed E-state index contributed by atoms with van der Waals surface area (Å²) in [6.07, 6.45) is 6.49. The maximum absolute atomic E-state index is 12.0. The van der Waals surface area contributed by atoms with Crippen LogP contribution in [0.15, 0.2) is 4.99 Å². The number of nitrogens with one attached hydrogen (secondary N) is 2. The molecule has 0 aromatic heterocycles. The second-order valence-electron chi connectivity index (χ2n) is 8.42. The summed E-state index contributed by atoms with van der Waals surface area (Å²) in [5.41, 5.74) is 0. The highest BCUT2D eigenvalue weighted by atomic mass is 16.5. The Kier molecular flexibility index (Phi) is 10.9. The van der Waals surface area contributed by atoms with Gasteiger partial charge in [0, 0.05) is 60.5 Å². The minimum absolute atomic E-state index is 0.00154. The second kappa shape index (κ2) is 13.4. The van der Waals surface area contributed by atoms with Gasteiger partial charge in [-0.2, -0.15) is 0 Å². The van der Waals surface area contributed by atoms with Crippen LogP contribution in [0, 0.1) is 5.92 Å². The summed E-state index contributed by atoms with van der Waals surface area (Å²) in [6, 6.07) is 0. The normalized spacial score (nSPS) is 18.9. The molecular weight excluding hydrogens is 384 g/mol. The molecule has 0 radical (unpaired) electrons. The van der Waals surface area contributed by atoms with E-state index in [4.69, 9.17) is 4.74 Å². The van der Waals surface area contributed by atoms with E-state index in [-0.39, 0.29) is 18.4 Å². The summed E-state index contributed by atoms with van der Waals surface area (Å²) in [5, 5.41) is 6.40. The summed E-state index contributed by atoms with van der Waals surface area (Å²) in [6.45, 7) is 5.70. The molecule has 0 aromatic rings. The zero-order chi connectivity index (χ0) is 21.8. The average molecular weight is 425 g/mol. The highest BCUT2D eigenvalue weighted by molar-refractivity contribution is 5.85. The number of likely N-dealkylation sites (N-methyl/N-ethyl adjacent to an activating group) is 1. The van der Waals surface area contributed by atoms with Crippen LogP contribution in [-0.2, 0) is 14.3 Å². The number of nitrogens with zero attached hydrogens (tertiary/aromatic N) is 4. The van der Waals surface area contributed by atoms with E-state index in [1.54, 1.807) is 26.1 Å². The molecule has 0 aromatic carbocycles. The maximum atomic E-state index is 12.0. The third kappa shape index (κ3) is 8.87. The number of hydrogen-bond donors (Lipinski definition) is 2. The van der Waals surface area contributed by atoms with Crippen LogP contribution >= 0.6 is 0 Å². The summed E-state index contributed by atoms with van der Waals surface area (Å²) in [5.74, 6) is 1.53. The molecule has 0 unspecified atom stereocenters. The molecular formula is C21H40N6O3. The Morgan fingerprint density at radius 1 is 1.07 bits per heavy atom. The van der Waals surface area contributed by atoms with E-state index >= 15 is 0 Å². The first-order chi connectivity index (χ1) is 14.5. The van der Waals surface area contributed by atoms with Crippen LogP contribution in [0.5, 0.6) is 0 Å². The van der Waals surface area contributed by atoms with Gasteiger partial charge in [0.2, 0.25) is 11.8 Å². The highest BCUT2D eigenvalue weighted by Crippen LogP contribution is 2.22. The fourth-order valence-corrected chi connectivity index (χ4v) is 3.85. The van der Waals surface area contributed by atoms with Gasteiger partial charge in [0.1, 0.15) is 6.54 Å². The fourth-order valence-electron chi connectivity index (χ4n) is 3.85. The van der Waals surface area contributed by atoms with Crippen LogP contribution in [0.4, 0.5) is 0 Å². The number of guanidine groups is 1. The third-order valence-corrected chi connectivity index (χ3v) is 5.80. The van der Waals surface area contributed by atoms with Crippen LogP contribution in [0.25, 0.3) is 0 Å². The van der Waals surface area contributed by atoms with Crippen molar-refractivity contribution in [2.75, 3.05) is 80.2 Å². The minimum atomic E-state index is -0.00154. The van der Waals surface area contributed by atoms with Crippen molar-refractivity contribution in [1.82, 2.24) is 25.3 Å². The molecule has 1 saturated carbocycles. The Morgan fingerprint density at radius 3 is 2.40 bits per heavy atom. The van der Waals surface area contributed by atoms with Gasteiger partial charge < -0.3 is 25.2 Å². The molecule has 2 N–H and O–H groups in total. The number of hydrogen-bond acceptors (Lipinski definition) is 5. The van der Waals surface area contributed by atoms with E-state index < -0.39 is 0 Å². The van der Waals surface area contributed by atoms with Gasteiger partial charge in [-0.25, -0.2) is 4.99 Å². The first kappa shape index (κ1) is 24.4. The maximum Gasteiger partial charge on any atom is 0.243 e. The second-order valence-corrected chi connectivity index (χ2v) is 8.42. The third-order valence-electron chi connectivity index (χ3n) is 5.80. The molecule has 1 aliphatic carbocycles. The molecule has 2 fully saturated rings. The fraction of sp³-hybridized carbons (Fsp3) is 0.857. The summed E-state index contributed by atoms with van der Waals surface area (Å²) in [7, 11) is 5.13. The summed E-state index contributed by atoms with van der Waals surface area (Å²) >= 11 is 0. The zero-order valence-electron chi connectivity index (χ0n) is 19.0. The van der Waals surface area contributed by atoms with Gasteiger partial charge in [0.05, 0.1) is 13.2 Å². The van der Waals surface area contributed by atoms with E-state index in [0.29, 0.717) is 25.6 Å². The Hall–Kier alpha value is -1.87. The van der Waals surface area contributed by atoms with Crippen molar-refractivity contribution < 1.29 is 14.3 Å². The van der Waals surface area contributed by atoms with E-state index in [9.17, 15) is 9.59 Å². The predicted octanol–water partition coefficient (Wildman–Crippen LogP) is -0.0193. The van der Waals surface area contributed by atoms with Crippen LogP contribution in [0.1, 0.15) is 32.1 Å².